The average Bonchev–Trinajstić information content (AvgIpc) is 1.95. The SMILES string of the molecule is CCCCCCCC.F.F[B-](F)(F)F.[NaH]. The summed E-state index contributed by atoms with van der Waals surface area (Å²) < 4.78 is 39.0. The Morgan fingerprint density at radius 3 is 1.07 bits per heavy atom. The quantitative estimate of drug-likeness (QED) is 0.387. The Morgan fingerprint density at radius 2 is 0.933 bits per heavy atom. The molecule has 0 unspecified atom stereocenters. The van der Waals surface area contributed by atoms with E-state index in [1.807, 2.05) is 0 Å². The van der Waals surface area contributed by atoms with Crippen molar-refractivity contribution < 1.29 is 22.0 Å². The molecule has 0 atom stereocenters. The van der Waals surface area contributed by atoms with Crippen LogP contribution in [0.2, 0.25) is 0 Å². The van der Waals surface area contributed by atoms with E-state index in [9.17, 15) is 17.3 Å². The fraction of sp³-hybridized carbons (Fsp3) is 1.00. The van der Waals surface area contributed by atoms with Crippen molar-refractivity contribution in [1.29, 1.82) is 0 Å². The van der Waals surface area contributed by atoms with Gasteiger partial charge >= 0.3 is 36.8 Å². The topological polar surface area (TPSA) is 0 Å². The van der Waals surface area contributed by atoms with E-state index in [1.54, 1.807) is 0 Å². The monoisotopic (exact) mass is 245 g/mol. The van der Waals surface area contributed by atoms with Crippen LogP contribution in [-0.2, 0) is 0 Å². The first kappa shape index (κ1) is 24.8. The molecule has 0 saturated carbocycles. The molecule has 0 fully saturated rings. The van der Waals surface area contributed by atoms with E-state index in [0.717, 1.165) is 0 Å². The molecule has 0 radical (unpaired) electrons. The third kappa shape index (κ3) is 72.8. The third-order valence-electron chi connectivity index (χ3n) is 1.46. The van der Waals surface area contributed by atoms with E-state index in [0.29, 0.717) is 0 Å². The number of hydrogen-bond acceptors (Lipinski definition) is 0. The molecule has 0 aromatic rings. The molecule has 0 saturated heterocycles. The van der Waals surface area contributed by atoms with Crippen LogP contribution < -0.4 is 0 Å². The predicted octanol–water partition coefficient (Wildman–Crippen LogP) is 4.17. The summed E-state index contributed by atoms with van der Waals surface area (Å²) in [6.07, 6.45) is 8.49. The number of unbranched alkanes of at least 4 members (excludes halogenated alkanes) is 5. The molecule has 0 amide bonds. The Balaban J connectivity index is -0.0000000770. The van der Waals surface area contributed by atoms with Crippen molar-refractivity contribution in [2.24, 2.45) is 0 Å². The van der Waals surface area contributed by atoms with Crippen molar-refractivity contribution in [1.82, 2.24) is 0 Å². The summed E-state index contributed by atoms with van der Waals surface area (Å²) in [5.74, 6) is 0. The maximum absolute atomic E-state index is 9.75. The van der Waals surface area contributed by atoms with E-state index >= 15 is 0 Å². The van der Waals surface area contributed by atoms with Gasteiger partial charge in [-0.2, -0.15) is 0 Å². The molecule has 0 aliphatic carbocycles. The molecule has 0 spiro atoms. The molecule has 92 valence electrons. The first-order chi connectivity index (χ1) is 5.91. The number of rotatable bonds is 5. The van der Waals surface area contributed by atoms with Crippen LogP contribution in [0.3, 0.4) is 0 Å². The Hall–Kier alpha value is 0.715. The van der Waals surface area contributed by atoms with E-state index < -0.39 is 7.25 Å². The van der Waals surface area contributed by atoms with Gasteiger partial charge < -0.3 is 17.3 Å². The van der Waals surface area contributed by atoms with Gasteiger partial charge in [-0.15, -0.1) is 0 Å². The van der Waals surface area contributed by atoms with Gasteiger partial charge in [-0.3, -0.25) is 4.70 Å². The van der Waals surface area contributed by atoms with Gasteiger partial charge in [0.2, 0.25) is 0 Å². The molecule has 0 N–H and O–H groups in total. The van der Waals surface area contributed by atoms with E-state index in [2.05, 4.69) is 13.8 Å². The van der Waals surface area contributed by atoms with Crippen molar-refractivity contribution in [3.63, 3.8) is 0 Å². The fourth-order valence-corrected chi connectivity index (χ4v) is 0.854. The van der Waals surface area contributed by atoms with Gasteiger partial charge in [-0.1, -0.05) is 52.4 Å². The van der Waals surface area contributed by atoms with Gasteiger partial charge in [-0.05, 0) is 0 Å². The minimum absolute atomic E-state index is 0. The molecule has 0 aliphatic rings. The molecule has 0 aliphatic heterocycles. The van der Waals surface area contributed by atoms with Gasteiger partial charge in [0.1, 0.15) is 0 Å². The van der Waals surface area contributed by atoms with Crippen molar-refractivity contribution in [3.8, 4) is 0 Å². The average molecular weight is 245 g/mol. The van der Waals surface area contributed by atoms with Crippen molar-refractivity contribution >= 4 is 36.8 Å². The van der Waals surface area contributed by atoms with Crippen molar-refractivity contribution in [2.75, 3.05) is 0 Å². The van der Waals surface area contributed by atoms with Crippen molar-refractivity contribution in [3.05, 3.63) is 0 Å². The van der Waals surface area contributed by atoms with Crippen LogP contribution in [0.5, 0.6) is 0 Å². The summed E-state index contributed by atoms with van der Waals surface area (Å²) in [5.41, 5.74) is 0. The van der Waals surface area contributed by atoms with Gasteiger partial charge in [0.05, 0.1) is 0 Å². The molecule has 0 nitrogen and oxygen atoms in total. The molecular weight excluding hydrogens is 225 g/mol. The van der Waals surface area contributed by atoms with Gasteiger partial charge in [-0.25, -0.2) is 0 Å². The second-order valence-electron chi connectivity index (χ2n) is 2.91. The zero-order valence-corrected chi connectivity index (χ0v) is 8.74. The molecule has 15 heavy (non-hydrogen) atoms. The van der Waals surface area contributed by atoms with Crippen LogP contribution in [0.4, 0.5) is 22.0 Å². The number of halogens is 5. The second-order valence-corrected chi connectivity index (χ2v) is 2.91. The van der Waals surface area contributed by atoms with E-state index in [-0.39, 0.29) is 34.3 Å². The normalized spacial score (nSPS) is 9.20. The van der Waals surface area contributed by atoms with Crippen molar-refractivity contribution in [2.45, 2.75) is 52.4 Å². The molecule has 0 aromatic carbocycles. The summed E-state index contributed by atoms with van der Waals surface area (Å²) in [6.45, 7) is 4.51. The van der Waals surface area contributed by atoms with Crippen LogP contribution >= 0.6 is 0 Å². The molecule has 7 heteroatoms. The van der Waals surface area contributed by atoms with Crippen LogP contribution in [-0.4, -0.2) is 36.8 Å². The standard InChI is InChI=1S/C8H18.BF4.FH.Na.H/c1-3-5-7-8-6-4-2;2-1(3,4)5;;;/h3-8H2,1-2H3;;1H;;/q;-1;;;. The molecular formula is C8H20BF5Na-. The van der Waals surface area contributed by atoms with E-state index in [1.165, 1.54) is 38.5 Å². The number of hydrogen-bond donors (Lipinski definition) is 0. The zero-order valence-electron chi connectivity index (χ0n) is 8.74. The summed E-state index contributed by atoms with van der Waals surface area (Å²) in [7, 11) is -6.00. The van der Waals surface area contributed by atoms with Crippen LogP contribution in [0.25, 0.3) is 0 Å². The Labute approximate surface area is 111 Å². The van der Waals surface area contributed by atoms with Gasteiger partial charge in [0.25, 0.3) is 0 Å². The van der Waals surface area contributed by atoms with Gasteiger partial charge in [0.15, 0.2) is 0 Å². The molecule has 0 bridgehead atoms. The van der Waals surface area contributed by atoms with Crippen LogP contribution in [0, 0.1) is 0 Å². The Bertz CT molecular complexity index is 87.5. The van der Waals surface area contributed by atoms with Gasteiger partial charge in [0, 0.05) is 0 Å². The minimum atomic E-state index is -6.00. The first-order valence-electron chi connectivity index (χ1n) is 4.79. The fourth-order valence-electron chi connectivity index (χ4n) is 0.854. The Kier molecular flexibility index (Phi) is 28.3. The predicted molar refractivity (Wildman–Crippen MR) is 58.9 cm³/mol. The summed E-state index contributed by atoms with van der Waals surface area (Å²) in [5, 5.41) is 0. The zero-order chi connectivity index (χ0) is 10.7. The van der Waals surface area contributed by atoms with Crippen LogP contribution in [0.1, 0.15) is 52.4 Å². The van der Waals surface area contributed by atoms with E-state index in [4.69, 9.17) is 0 Å². The summed E-state index contributed by atoms with van der Waals surface area (Å²) in [4.78, 5) is 0. The molecule has 0 rings (SSSR count). The van der Waals surface area contributed by atoms with Crippen LogP contribution in [0.15, 0.2) is 0 Å². The third-order valence-corrected chi connectivity index (χ3v) is 1.46. The second kappa shape index (κ2) is 17.1. The summed E-state index contributed by atoms with van der Waals surface area (Å²) >= 11 is 0. The summed E-state index contributed by atoms with van der Waals surface area (Å²) in [6, 6.07) is 0. The first-order valence-corrected chi connectivity index (χ1v) is 4.79. The Morgan fingerprint density at radius 1 is 0.733 bits per heavy atom. The molecule has 0 aromatic heterocycles. The maximum atomic E-state index is 9.75. The molecule has 0 heterocycles.